The van der Waals surface area contributed by atoms with Crippen LogP contribution in [0.15, 0.2) is 36.7 Å². The highest BCUT2D eigenvalue weighted by atomic mass is 32.1. The van der Waals surface area contributed by atoms with Crippen molar-refractivity contribution in [3.63, 3.8) is 0 Å². The molecule has 0 bridgehead atoms. The summed E-state index contributed by atoms with van der Waals surface area (Å²) in [5.74, 6) is 0.180. The quantitative estimate of drug-likeness (QED) is 0.752. The lowest BCUT2D eigenvalue weighted by Gasteiger charge is -2.23. The van der Waals surface area contributed by atoms with Crippen LogP contribution < -0.4 is 11.1 Å². The van der Waals surface area contributed by atoms with E-state index >= 15 is 0 Å². The molecular formula is C18H18N4O2S. The van der Waals surface area contributed by atoms with E-state index < -0.39 is 0 Å². The Labute approximate surface area is 149 Å². The van der Waals surface area contributed by atoms with Crippen molar-refractivity contribution in [3.05, 3.63) is 47.8 Å². The third-order valence-corrected chi connectivity index (χ3v) is 5.22. The molecule has 0 radical (unpaired) electrons. The standard InChI is InChI=1S/C18H18N4O2S/c19-18-22-16-14(11-3-6-24-7-4-11)8-12(9-15(16)25-18)17(23)21-13-2-1-5-20-10-13/h1-2,5,8-11H,3-4,6-7H2,(H2,19,22)(H,21,23). The summed E-state index contributed by atoms with van der Waals surface area (Å²) in [7, 11) is 0. The number of anilines is 2. The zero-order valence-electron chi connectivity index (χ0n) is 13.6. The second-order valence-corrected chi connectivity index (χ2v) is 7.11. The molecule has 1 aliphatic heterocycles. The van der Waals surface area contributed by atoms with Crippen molar-refractivity contribution in [2.45, 2.75) is 18.8 Å². The van der Waals surface area contributed by atoms with Gasteiger partial charge in [0.05, 0.1) is 22.1 Å². The molecule has 128 valence electrons. The molecule has 6 nitrogen and oxygen atoms in total. The number of nitrogens with one attached hydrogen (secondary N) is 1. The highest BCUT2D eigenvalue weighted by Crippen LogP contribution is 2.36. The van der Waals surface area contributed by atoms with E-state index in [1.165, 1.54) is 11.3 Å². The first-order valence-electron chi connectivity index (χ1n) is 8.20. The van der Waals surface area contributed by atoms with Gasteiger partial charge in [-0.3, -0.25) is 9.78 Å². The number of ether oxygens (including phenoxy) is 1. The minimum absolute atomic E-state index is 0.157. The van der Waals surface area contributed by atoms with Crippen molar-refractivity contribution in [1.29, 1.82) is 0 Å². The SMILES string of the molecule is Nc1nc2c(C3CCOCC3)cc(C(=O)Nc3cccnc3)cc2s1. The Hall–Kier alpha value is -2.51. The van der Waals surface area contributed by atoms with Gasteiger partial charge in [-0.15, -0.1) is 0 Å². The monoisotopic (exact) mass is 354 g/mol. The molecule has 3 aromatic rings. The zero-order valence-corrected chi connectivity index (χ0v) is 14.4. The predicted molar refractivity (Wildman–Crippen MR) is 99.0 cm³/mol. The first kappa shape index (κ1) is 16.0. The molecule has 2 aromatic heterocycles. The van der Waals surface area contributed by atoms with Gasteiger partial charge in [-0.05, 0) is 48.6 Å². The smallest absolute Gasteiger partial charge is 0.255 e. The van der Waals surface area contributed by atoms with Crippen LogP contribution in [0.2, 0.25) is 0 Å². The molecule has 0 unspecified atom stereocenters. The number of rotatable bonds is 3. The second-order valence-electron chi connectivity index (χ2n) is 6.05. The van der Waals surface area contributed by atoms with Gasteiger partial charge in [0.25, 0.3) is 5.91 Å². The average molecular weight is 354 g/mol. The van der Waals surface area contributed by atoms with Crippen LogP contribution in [0.3, 0.4) is 0 Å². The number of nitrogens with two attached hydrogens (primary N) is 1. The van der Waals surface area contributed by atoms with Crippen molar-refractivity contribution in [1.82, 2.24) is 9.97 Å². The van der Waals surface area contributed by atoms with Crippen LogP contribution in [0, 0.1) is 0 Å². The summed E-state index contributed by atoms with van der Waals surface area (Å²) >= 11 is 1.41. The summed E-state index contributed by atoms with van der Waals surface area (Å²) in [6.07, 6.45) is 5.16. The average Bonchev–Trinajstić information content (AvgIpc) is 3.02. The fraction of sp³-hybridized carbons (Fsp3) is 0.278. The summed E-state index contributed by atoms with van der Waals surface area (Å²) in [5.41, 5.74) is 9.19. The number of carbonyl (C=O) groups excluding carboxylic acids is 1. The van der Waals surface area contributed by atoms with Crippen molar-refractivity contribution >= 4 is 38.3 Å². The summed E-state index contributed by atoms with van der Waals surface area (Å²) in [6, 6.07) is 7.41. The number of thiazole rings is 1. The van der Waals surface area contributed by atoms with Gasteiger partial charge in [0.15, 0.2) is 5.13 Å². The Balaban J connectivity index is 1.72. The van der Waals surface area contributed by atoms with Crippen LogP contribution in [0.25, 0.3) is 10.2 Å². The largest absolute Gasteiger partial charge is 0.381 e. The molecule has 0 spiro atoms. The maximum atomic E-state index is 12.7. The summed E-state index contributed by atoms with van der Waals surface area (Å²) in [6.45, 7) is 1.47. The Morgan fingerprint density at radius 3 is 2.92 bits per heavy atom. The Morgan fingerprint density at radius 2 is 2.16 bits per heavy atom. The molecule has 3 N–H and O–H groups in total. The number of hydrogen-bond donors (Lipinski definition) is 2. The number of fused-ring (bicyclic) bond motifs is 1. The fourth-order valence-electron chi connectivity index (χ4n) is 3.16. The number of benzene rings is 1. The van der Waals surface area contributed by atoms with E-state index in [1.54, 1.807) is 18.5 Å². The lowest BCUT2D eigenvalue weighted by molar-refractivity contribution is 0.0855. The molecule has 4 rings (SSSR count). The van der Waals surface area contributed by atoms with Gasteiger partial charge in [0, 0.05) is 25.0 Å². The molecule has 3 heterocycles. The molecule has 1 aromatic carbocycles. The van der Waals surface area contributed by atoms with E-state index in [-0.39, 0.29) is 5.91 Å². The second kappa shape index (κ2) is 6.78. The number of hydrogen-bond acceptors (Lipinski definition) is 6. The molecule has 1 saturated heterocycles. The number of amides is 1. The summed E-state index contributed by atoms with van der Waals surface area (Å²) < 4.78 is 6.41. The van der Waals surface area contributed by atoms with E-state index in [1.807, 2.05) is 18.2 Å². The summed E-state index contributed by atoms with van der Waals surface area (Å²) in [4.78, 5) is 21.2. The van der Waals surface area contributed by atoms with Crippen LogP contribution in [-0.4, -0.2) is 29.1 Å². The lowest BCUT2D eigenvalue weighted by Crippen LogP contribution is -2.16. The number of carbonyl (C=O) groups is 1. The normalized spacial score (nSPS) is 15.4. The summed E-state index contributed by atoms with van der Waals surface area (Å²) in [5, 5.41) is 3.41. The van der Waals surface area contributed by atoms with Gasteiger partial charge >= 0.3 is 0 Å². The minimum atomic E-state index is -0.157. The molecular weight excluding hydrogens is 336 g/mol. The molecule has 7 heteroatoms. The molecule has 1 amide bonds. The molecule has 0 aliphatic carbocycles. The lowest BCUT2D eigenvalue weighted by atomic mass is 9.89. The van der Waals surface area contributed by atoms with Gasteiger partial charge in [-0.2, -0.15) is 0 Å². The number of pyridine rings is 1. The maximum absolute atomic E-state index is 12.7. The fourth-order valence-corrected chi connectivity index (χ4v) is 3.97. The van der Waals surface area contributed by atoms with Crippen molar-refractivity contribution in [2.75, 3.05) is 24.3 Å². The van der Waals surface area contributed by atoms with E-state index in [9.17, 15) is 4.79 Å². The predicted octanol–water partition coefficient (Wildman–Crippen LogP) is 3.42. The molecule has 25 heavy (non-hydrogen) atoms. The number of aromatic nitrogens is 2. The first-order chi connectivity index (χ1) is 12.2. The van der Waals surface area contributed by atoms with Gasteiger partial charge in [0.2, 0.25) is 0 Å². The van der Waals surface area contributed by atoms with Crippen LogP contribution in [0.4, 0.5) is 10.8 Å². The molecule has 1 fully saturated rings. The minimum Gasteiger partial charge on any atom is -0.381 e. The number of nitrogen functional groups attached to an aromatic ring is 1. The van der Waals surface area contributed by atoms with Gasteiger partial charge in [0.1, 0.15) is 0 Å². The van der Waals surface area contributed by atoms with Crippen LogP contribution in [-0.2, 0) is 4.74 Å². The van der Waals surface area contributed by atoms with E-state index in [0.29, 0.717) is 22.3 Å². The van der Waals surface area contributed by atoms with E-state index in [2.05, 4.69) is 15.3 Å². The van der Waals surface area contributed by atoms with Crippen molar-refractivity contribution in [3.8, 4) is 0 Å². The van der Waals surface area contributed by atoms with Crippen LogP contribution in [0.1, 0.15) is 34.7 Å². The Morgan fingerprint density at radius 1 is 1.32 bits per heavy atom. The first-order valence-corrected chi connectivity index (χ1v) is 9.01. The third-order valence-electron chi connectivity index (χ3n) is 4.38. The Kier molecular flexibility index (Phi) is 4.33. The van der Waals surface area contributed by atoms with Gasteiger partial charge in [-0.25, -0.2) is 4.98 Å². The van der Waals surface area contributed by atoms with Gasteiger partial charge < -0.3 is 15.8 Å². The maximum Gasteiger partial charge on any atom is 0.255 e. The Bertz CT molecular complexity index is 904. The molecule has 1 aliphatic rings. The van der Waals surface area contributed by atoms with E-state index in [4.69, 9.17) is 10.5 Å². The van der Waals surface area contributed by atoms with E-state index in [0.717, 1.165) is 41.8 Å². The van der Waals surface area contributed by atoms with Crippen molar-refractivity contribution in [2.24, 2.45) is 0 Å². The van der Waals surface area contributed by atoms with Gasteiger partial charge in [-0.1, -0.05) is 11.3 Å². The third kappa shape index (κ3) is 3.33. The zero-order chi connectivity index (χ0) is 17.2. The van der Waals surface area contributed by atoms with Crippen LogP contribution in [0.5, 0.6) is 0 Å². The molecule has 0 saturated carbocycles. The highest BCUT2D eigenvalue weighted by molar-refractivity contribution is 7.22. The highest BCUT2D eigenvalue weighted by Gasteiger charge is 2.22. The molecule has 0 atom stereocenters. The van der Waals surface area contributed by atoms with Crippen LogP contribution >= 0.6 is 11.3 Å². The topological polar surface area (TPSA) is 90.1 Å². The van der Waals surface area contributed by atoms with Crippen molar-refractivity contribution < 1.29 is 9.53 Å². The number of nitrogens with zero attached hydrogens (tertiary/aromatic N) is 2.